The number of anilines is 1. The first-order valence-corrected chi connectivity index (χ1v) is 10.6. The molecule has 7 heteroatoms. The van der Waals surface area contributed by atoms with Crippen molar-refractivity contribution in [2.75, 3.05) is 11.9 Å². The van der Waals surface area contributed by atoms with E-state index in [1.807, 2.05) is 42.5 Å². The van der Waals surface area contributed by atoms with Gasteiger partial charge in [-0.25, -0.2) is 0 Å². The number of carbonyl (C=O) groups excluding carboxylic acids is 2. The second kappa shape index (κ2) is 7.82. The van der Waals surface area contributed by atoms with E-state index in [-0.39, 0.29) is 12.5 Å². The first-order chi connectivity index (χ1) is 15.5. The number of nitrogens with one attached hydrogen (secondary N) is 2. The van der Waals surface area contributed by atoms with Crippen molar-refractivity contribution in [2.45, 2.75) is 13.0 Å². The molecule has 0 bridgehead atoms. The van der Waals surface area contributed by atoms with E-state index in [0.717, 1.165) is 38.5 Å². The number of aliphatic hydroxyl groups is 1. The molecule has 0 unspecified atom stereocenters. The molecule has 5 rings (SSSR count). The van der Waals surface area contributed by atoms with Gasteiger partial charge >= 0.3 is 0 Å². The summed E-state index contributed by atoms with van der Waals surface area (Å²) < 4.78 is 2.13. The Hall–Kier alpha value is -3.61. The number of nitrogens with zero attached hydrogens (tertiary/aromatic N) is 1. The Morgan fingerprint density at radius 2 is 1.91 bits per heavy atom. The topological polar surface area (TPSA) is 83.4 Å². The van der Waals surface area contributed by atoms with E-state index in [2.05, 4.69) is 21.8 Å². The van der Waals surface area contributed by atoms with Crippen LogP contribution in [0.25, 0.3) is 38.6 Å². The molecule has 160 valence electrons. The fraction of sp³-hybridized carbons (Fsp3) is 0.120. The Bertz CT molecular complexity index is 1440. The van der Waals surface area contributed by atoms with Crippen molar-refractivity contribution in [3.05, 3.63) is 71.3 Å². The van der Waals surface area contributed by atoms with Crippen molar-refractivity contribution in [1.82, 2.24) is 9.88 Å². The number of hydrogen-bond donors (Lipinski definition) is 3. The van der Waals surface area contributed by atoms with Gasteiger partial charge in [0.2, 0.25) is 6.41 Å². The third-order valence-corrected chi connectivity index (χ3v) is 6.21. The predicted molar refractivity (Wildman–Crippen MR) is 128 cm³/mol. The van der Waals surface area contributed by atoms with Crippen LogP contribution < -0.4 is 10.6 Å². The normalized spacial score (nSPS) is 12.9. The van der Waals surface area contributed by atoms with Gasteiger partial charge < -0.3 is 20.3 Å². The zero-order valence-electron chi connectivity index (χ0n) is 17.1. The molecule has 1 aromatic heterocycles. The highest BCUT2D eigenvalue weighted by Gasteiger charge is 2.31. The third-order valence-electron chi connectivity index (χ3n) is 5.88. The van der Waals surface area contributed by atoms with E-state index in [0.29, 0.717) is 41.3 Å². The Balaban J connectivity index is 1.95. The molecular weight excluding hydrogens is 426 g/mol. The van der Waals surface area contributed by atoms with E-state index < -0.39 is 0 Å². The molecule has 0 saturated carbocycles. The van der Waals surface area contributed by atoms with Gasteiger partial charge in [0.05, 0.1) is 11.1 Å². The number of benzene rings is 3. The second-order valence-electron chi connectivity index (χ2n) is 7.70. The van der Waals surface area contributed by atoms with Gasteiger partial charge in [0, 0.05) is 57.0 Å². The number of rotatable bonds is 6. The molecule has 2 heterocycles. The quantitative estimate of drug-likeness (QED) is 0.373. The zero-order chi connectivity index (χ0) is 22.4. The summed E-state index contributed by atoms with van der Waals surface area (Å²) in [6.45, 7) is 4.75. The number of aromatic nitrogens is 1. The monoisotopic (exact) mass is 445 g/mol. The van der Waals surface area contributed by atoms with Crippen molar-refractivity contribution in [1.29, 1.82) is 0 Å². The fourth-order valence-electron chi connectivity index (χ4n) is 4.58. The molecule has 0 fully saturated rings. The summed E-state index contributed by atoms with van der Waals surface area (Å²) in [6, 6.07) is 15.1. The largest absolute Gasteiger partial charge is 0.396 e. The molecule has 2 amide bonds. The average Bonchev–Trinajstić information content (AvgIpc) is 3.25. The van der Waals surface area contributed by atoms with Crippen LogP contribution in [0.2, 0.25) is 5.02 Å². The lowest BCUT2D eigenvalue weighted by Gasteiger charge is -2.12. The number of hydrogen-bond acceptors (Lipinski definition) is 3. The van der Waals surface area contributed by atoms with Gasteiger partial charge in [0.1, 0.15) is 0 Å². The summed E-state index contributed by atoms with van der Waals surface area (Å²) >= 11 is 6.52. The molecule has 4 aromatic rings. The third kappa shape index (κ3) is 2.99. The van der Waals surface area contributed by atoms with Gasteiger partial charge in [-0.2, -0.15) is 0 Å². The number of fused-ring (bicyclic) bond motifs is 5. The minimum Gasteiger partial charge on any atom is -0.396 e. The Labute approximate surface area is 189 Å². The van der Waals surface area contributed by atoms with Crippen molar-refractivity contribution in [2.24, 2.45) is 0 Å². The summed E-state index contributed by atoms with van der Waals surface area (Å²) in [4.78, 5) is 24.0. The highest BCUT2D eigenvalue weighted by molar-refractivity contribution is 6.34. The van der Waals surface area contributed by atoms with Crippen LogP contribution >= 0.6 is 11.6 Å². The number of carbonyl (C=O) groups is 2. The molecule has 6 nitrogen and oxygen atoms in total. The van der Waals surface area contributed by atoms with Gasteiger partial charge in [-0.05, 0) is 42.3 Å². The highest BCUT2D eigenvalue weighted by Crippen LogP contribution is 2.44. The molecule has 0 spiro atoms. The molecule has 1 aliphatic heterocycles. The maximum atomic E-state index is 13.0. The summed E-state index contributed by atoms with van der Waals surface area (Å²) in [5, 5.41) is 17.4. The molecule has 32 heavy (non-hydrogen) atoms. The highest BCUT2D eigenvalue weighted by atomic mass is 35.5. The average molecular weight is 446 g/mol. The lowest BCUT2D eigenvalue weighted by atomic mass is 9.92. The van der Waals surface area contributed by atoms with Crippen LogP contribution in [0.4, 0.5) is 5.69 Å². The molecule has 3 N–H and O–H groups in total. The maximum absolute atomic E-state index is 13.0. The van der Waals surface area contributed by atoms with Gasteiger partial charge in [-0.15, -0.1) is 0 Å². The van der Waals surface area contributed by atoms with E-state index in [4.69, 9.17) is 11.6 Å². The molecule has 0 atom stereocenters. The zero-order valence-corrected chi connectivity index (χ0v) is 17.9. The molecule has 0 radical (unpaired) electrons. The number of amides is 2. The van der Waals surface area contributed by atoms with Crippen molar-refractivity contribution >= 4 is 57.1 Å². The lowest BCUT2D eigenvalue weighted by molar-refractivity contribution is -0.105. The number of aryl methyl sites for hydroxylation is 1. The maximum Gasteiger partial charge on any atom is 0.257 e. The smallest absolute Gasteiger partial charge is 0.257 e. The number of aliphatic hydroxyl groups excluding tert-OH is 1. The van der Waals surface area contributed by atoms with E-state index in [1.54, 1.807) is 6.07 Å². The van der Waals surface area contributed by atoms with Gasteiger partial charge in [-0.1, -0.05) is 36.4 Å². The van der Waals surface area contributed by atoms with Gasteiger partial charge in [-0.3, -0.25) is 9.59 Å². The molecule has 0 aliphatic carbocycles. The van der Waals surface area contributed by atoms with Crippen molar-refractivity contribution < 1.29 is 14.7 Å². The van der Waals surface area contributed by atoms with E-state index >= 15 is 0 Å². The van der Waals surface area contributed by atoms with Crippen LogP contribution in [0.5, 0.6) is 0 Å². The minimum atomic E-state index is -0.222. The van der Waals surface area contributed by atoms with Crippen LogP contribution in [0, 0.1) is 0 Å². The molecule has 1 aliphatic rings. The number of halogens is 1. The lowest BCUT2D eigenvalue weighted by Crippen LogP contribution is -2.12. The van der Waals surface area contributed by atoms with Gasteiger partial charge in [0.25, 0.3) is 5.91 Å². The van der Waals surface area contributed by atoms with Crippen LogP contribution in [-0.4, -0.2) is 28.6 Å². The van der Waals surface area contributed by atoms with Crippen molar-refractivity contribution in [3.63, 3.8) is 0 Å². The molecule has 0 saturated heterocycles. The van der Waals surface area contributed by atoms with E-state index in [1.165, 1.54) is 0 Å². The Morgan fingerprint density at radius 3 is 2.66 bits per heavy atom. The first kappa shape index (κ1) is 20.3. The summed E-state index contributed by atoms with van der Waals surface area (Å²) in [6.07, 6.45) is 1.21. The van der Waals surface area contributed by atoms with Crippen molar-refractivity contribution in [3.8, 4) is 11.1 Å². The van der Waals surface area contributed by atoms with E-state index in [9.17, 15) is 14.7 Å². The summed E-state index contributed by atoms with van der Waals surface area (Å²) in [5.74, 6) is -0.222. The van der Waals surface area contributed by atoms with Crippen LogP contribution in [0.3, 0.4) is 0 Å². The predicted octanol–water partition coefficient (Wildman–Crippen LogP) is 4.78. The van der Waals surface area contributed by atoms with Crippen LogP contribution in [0.15, 0.2) is 55.1 Å². The summed E-state index contributed by atoms with van der Waals surface area (Å²) in [7, 11) is 0. The van der Waals surface area contributed by atoms with Crippen LogP contribution in [-0.2, 0) is 11.3 Å². The van der Waals surface area contributed by atoms with Crippen LogP contribution in [0.1, 0.15) is 22.3 Å². The molecule has 3 aromatic carbocycles. The minimum absolute atomic E-state index is 0.0566. The standard InChI is InChI=1S/C25H20ClN3O3/c1-14-22-23-18-11-15(27-13-31)7-8-20(18)29(9-4-10-30)21(23)12-17(24(22)25(32)28-14)16-5-2-3-6-19(16)26/h2-3,5-8,11-13,30H,1,4,9-10H2,(H,27,31)(H,28,32). The Kier molecular flexibility index (Phi) is 4.96. The summed E-state index contributed by atoms with van der Waals surface area (Å²) in [5.41, 5.74) is 5.79. The Morgan fingerprint density at radius 1 is 1.09 bits per heavy atom. The fourth-order valence-corrected chi connectivity index (χ4v) is 4.81. The SMILES string of the molecule is C=C1NC(=O)c2c(-c3ccccc3Cl)cc3c(c21)c1cc(NC=O)ccc1n3CCCO. The molecular formula is C25H20ClN3O3. The van der Waals surface area contributed by atoms with Gasteiger partial charge in [0.15, 0.2) is 0 Å². The second-order valence-corrected chi connectivity index (χ2v) is 8.11. The first-order valence-electron chi connectivity index (χ1n) is 10.2.